The maximum absolute atomic E-state index is 15.9. The molecule has 0 saturated heterocycles. The van der Waals surface area contributed by atoms with E-state index in [1.54, 1.807) is 0 Å². The molecule has 0 fully saturated rings. The minimum atomic E-state index is -7.15. The van der Waals surface area contributed by atoms with Gasteiger partial charge in [0.2, 0.25) is 17.5 Å². The Bertz CT molecular complexity index is 1720. The molecule has 4 aromatic carbocycles. The first-order valence-corrected chi connectivity index (χ1v) is 14.6. The van der Waals surface area contributed by atoms with Crippen LogP contribution >= 0.6 is 0 Å². The molecule has 242 valence electrons. The average molecular weight is 687 g/mol. The zero-order valence-corrected chi connectivity index (χ0v) is 23.4. The minimum absolute atomic E-state index is 0.175. The van der Waals surface area contributed by atoms with Crippen LogP contribution in [0.15, 0.2) is 35.5 Å². The molecule has 0 amide bonds. The molecule has 0 atom stereocenters. The van der Waals surface area contributed by atoms with Gasteiger partial charge in [0.15, 0.2) is 77.9 Å². The van der Waals surface area contributed by atoms with Crippen molar-refractivity contribution in [2.24, 2.45) is 0 Å². The molecule has 0 aliphatic carbocycles. The van der Waals surface area contributed by atoms with Crippen LogP contribution in [-0.2, 0) is 0 Å². The van der Waals surface area contributed by atoms with Crippen molar-refractivity contribution < 1.29 is 65.9 Å². The van der Waals surface area contributed by atoms with Crippen molar-refractivity contribution in [1.82, 2.24) is 4.90 Å². The van der Waals surface area contributed by atoms with E-state index in [4.69, 9.17) is 0 Å². The van der Waals surface area contributed by atoms with Gasteiger partial charge in [-0.2, -0.15) is 0 Å². The first-order chi connectivity index (χ1) is 21.5. The Hall–Kier alpha value is -4.41. The number of hydrogen-bond acceptors (Lipinski definition) is 1. The topological polar surface area (TPSA) is 3.24 Å². The third kappa shape index (κ3) is 4.34. The first-order valence-electron chi connectivity index (χ1n) is 12.6. The van der Waals surface area contributed by atoms with Gasteiger partial charge >= 0.3 is 0 Å². The fraction of sp³-hybridized carbons (Fsp3) is 0.103. The van der Waals surface area contributed by atoms with Crippen molar-refractivity contribution in [2.75, 3.05) is 13.6 Å². The van der Waals surface area contributed by atoms with Gasteiger partial charge in [-0.15, -0.1) is 0 Å². The van der Waals surface area contributed by atoms with Crippen LogP contribution in [0.1, 0.15) is 12.0 Å². The van der Waals surface area contributed by atoms with Crippen LogP contribution in [0.5, 0.6) is 0 Å². The van der Waals surface area contributed by atoms with Gasteiger partial charge in [-0.3, -0.25) is 0 Å². The second kappa shape index (κ2) is 11.4. The second-order valence-corrected chi connectivity index (χ2v) is 13.6. The molecule has 46 heavy (non-hydrogen) atoms. The lowest BCUT2D eigenvalue weighted by Gasteiger charge is -2.37. The standard InChI is InChI=1S/C29H12F15NSi/c1-45-8-7-10(26(45)9-5-3-2-4-6-9)46(27-20(39)14(33)11(30)15(34)21(27)40,28-22(41)16(35)12(31)17(36)23(28)42)29-24(43)18(37)13(32)19(38)25(29)44/h2-6H,7-8H2,1H3. The highest BCUT2D eigenvalue weighted by Gasteiger charge is 2.59. The molecule has 0 spiro atoms. The van der Waals surface area contributed by atoms with Crippen LogP contribution in [-0.4, -0.2) is 26.6 Å². The van der Waals surface area contributed by atoms with Gasteiger partial charge in [-0.05, 0) is 17.2 Å². The van der Waals surface area contributed by atoms with E-state index < -0.39 is 135 Å². The fourth-order valence-corrected chi connectivity index (χ4v) is 11.2. The number of nitrogens with zero attached hydrogens (tertiary/aromatic N) is 1. The monoisotopic (exact) mass is 687 g/mol. The Balaban J connectivity index is 2.28. The van der Waals surface area contributed by atoms with Gasteiger partial charge in [-0.1, -0.05) is 30.3 Å². The SMILES string of the molecule is CN1CCC([Si](c2c(F)c(F)c(F)c(F)c2F)(c2c(F)c(F)c(F)c(F)c2F)c2c(F)c(F)c(F)c(F)c2F)=C1c1ccccc1. The quantitative estimate of drug-likeness (QED) is 0.0759. The van der Waals surface area contributed by atoms with Crippen LogP contribution in [0.3, 0.4) is 0 Å². The van der Waals surface area contributed by atoms with Gasteiger partial charge in [0, 0.05) is 34.8 Å². The van der Waals surface area contributed by atoms with E-state index in [2.05, 4.69) is 0 Å². The second-order valence-electron chi connectivity index (χ2n) is 9.95. The third-order valence-electron chi connectivity index (χ3n) is 7.62. The lowest BCUT2D eigenvalue weighted by atomic mass is 10.1. The van der Waals surface area contributed by atoms with E-state index in [9.17, 15) is 39.5 Å². The summed E-state index contributed by atoms with van der Waals surface area (Å²) in [6.45, 7) is -0.478. The smallest absolute Gasteiger partial charge is 0.200 e. The molecular weight excluding hydrogens is 675 g/mol. The summed E-state index contributed by atoms with van der Waals surface area (Å²) in [4.78, 5) is 1.05. The van der Waals surface area contributed by atoms with Crippen LogP contribution in [0.2, 0.25) is 0 Å². The number of hydrogen-bond donors (Lipinski definition) is 0. The first kappa shape index (κ1) is 33.0. The van der Waals surface area contributed by atoms with Crippen molar-refractivity contribution in [2.45, 2.75) is 6.42 Å². The zero-order valence-electron chi connectivity index (χ0n) is 22.4. The molecule has 1 aliphatic heterocycles. The summed E-state index contributed by atoms with van der Waals surface area (Å²) >= 11 is 0. The van der Waals surface area contributed by atoms with Crippen LogP contribution in [0.25, 0.3) is 5.70 Å². The summed E-state index contributed by atoms with van der Waals surface area (Å²) < 4.78 is 227. The van der Waals surface area contributed by atoms with Crippen molar-refractivity contribution in [3.05, 3.63) is 128 Å². The Morgan fingerprint density at radius 3 is 1.02 bits per heavy atom. The lowest BCUT2D eigenvalue weighted by molar-refractivity contribution is 0.379. The molecule has 1 aliphatic rings. The van der Waals surface area contributed by atoms with E-state index in [1.165, 1.54) is 18.2 Å². The molecule has 0 N–H and O–H groups in total. The van der Waals surface area contributed by atoms with Crippen LogP contribution in [0.4, 0.5) is 65.9 Å². The molecule has 1 heterocycles. The van der Waals surface area contributed by atoms with Gasteiger partial charge in [-0.25, -0.2) is 65.9 Å². The Kier molecular flexibility index (Phi) is 8.19. The molecule has 1 nitrogen and oxygen atoms in total. The molecule has 0 saturated carbocycles. The Morgan fingerprint density at radius 1 is 0.435 bits per heavy atom. The van der Waals surface area contributed by atoms with E-state index in [1.807, 2.05) is 0 Å². The highest BCUT2D eigenvalue weighted by atomic mass is 28.3. The molecular formula is C29H12F15NSi. The van der Waals surface area contributed by atoms with Crippen molar-refractivity contribution in [3.8, 4) is 0 Å². The lowest BCUT2D eigenvalue weighted by Crippen LogP contribution is -2.74. The molecule has 0 radical (unpaired) electrons. The number of rotatable bonds is 5. The molecule has 0 aromatic heterocycles. The molecule has 0 unspecified atom stereocenters. The zero-order chi connectivity index (χ0) is 34.2. The van der Waals surface area contributed by atoms with Gasteiger partial charge in [0.1, 0.15) is 0 Å². The number of halogens is 15. The summed E-state index contributed by atoms with van der Waals surface area (Å²) in [6, 6.07) is 6.23. The summed E-state index contributed by atoms with van der Waals surface area (Å²) in [5.41, 5.74) is -0.741. The van der Waals surface area contributed by atoms with E-state index >= 15 is 26.3 Å². The summed E-state index contributed by atoms with van der Waals surface area (Å²) in [7, 11) is -6.01. The predicted molar refractivity (Wildman–Crippen MR) is 134 cm³/mol. The largest absolute Gasteiger partial charge is 0.374 e. The molecule has 17 heteroatoms. The minimum Gasteiger partial charge on any atom is -0.374 e. The maximum Gasteiger partial charge on any atom is 0.200 e. The summed E-state index contributed by atoms with van der Waals surface area (Å²) in [6.07, 6.45) is -0.939. The van der Waals surface area contributed by atoms with E-state index in [0.717, 1.165) is 24.1 Å². The van der Waals surface area contributed by atoms with Crippen LogP contribution < -0.4 is 15.6 Å². The van der Waals surface area contributed by atoms with Gasteiger partial charge in [0.25, 0.3) is 0 Å². The summed E-state index contributed by atoms with van der Waals surface area (Å²) in [5.74, 6) is -44.9. The predicted octanol–water partition coefficient (Wildman–Crippen LogP) is 6.53. The van der Waals surface area contributed by atoms with Crippen molar-refractivity contribution in [3.63, 3.8) is 0 Å². The van der Waals surface area contributed by atoms with Crippen molar-refractivity contribution in [1.29, 1.82) is 0 Å². The molecule has 5 rings (SSSR count). The van der Waals surface area contributed by atoms with Crippen LogP contribution in [0, 0.1) is 87.3 Å². The average Bonchev–Trinajstić information content (AvgIpc) is 3.44. The summed E-state index contributed by atoms with van der Waals surface area (Å²) in [5, 5.41) is -8.81. The normalized spacial score (nSPS) is 13.8. The highest BCUT2D eigenvalue weighted by Crippen LogP contribution is 2.39. The maximum atomic E-state index is 15.9. The highest BCUT2D eigenvalue weighted by molar-refractivity contribution is 7.16. The van der Waals surface area contributed by atoms with Gasteiger partial charge in [0.05, 0.1) is 0 Å². The van der Waals surface area contributed by atoms with E-state index in [-0.39, 0.29) is 5.56 Å². The number of benzene rings is 4. The van der Waals surface area contributed by atoms with E-state index in [0.29, 0.717) is 0 Å². The van der Waals surface area contributed by atoms with Crippen molar-refractivity contribution >= 4 is 29.3 Å². The van der Waals surface area contributed by atoms with Gasteiger partial charge < -0.3 is 4.90 Å². The Morgan fingerprint density at radius 2 is 0.717 bits per heavy atom. The fourth-order valence-electron chi connectivity index (χ4n) is 5.73. The molecule has 4 aromatic rings. The Labute approximate surface area is 248 Å². The molecule has 0 bridgehead atoms. The third-order valence-corrected chi connectivity index (χ3v) is 12.6.